The largest absolute Gasteiger partial charge is 0.381 e. The van der Waals surface area contributed by atoms with Crippen LogP contribution >= 0.6 is 0 Å². The Hall–Kier alpha value is -3.97. The van der Waals surface area contributed by atoms with Crippen molar-refractivity contribution in [3.05, 3.63) is 89.7 Å². The molecule has 2 aromatic carbocycles. The lowest BCUT2D eigenvalue weighted by molar-refractivity contribution is -0.115. The summed E-state index contributed by atoms with van der Waals surface area (Å²) >= 11 is 0. The first kappa shape index (κ1) is 24.2. The Labute approximate surface area is 205 Å². The van der Waals surface area contributed by atoms with Gasteiger partial charge in [-0.15, -0.1) is 0 Å². The first-order valence-corrected chi connectivity index (χ1v) is 11.8. The zero-order valence-corrected chi connectivity index (χ0v) is 19.6. The number of nitrogens with zero attached hydrogens (tertiary/aromatic N) is 1. The summed E-state index contributed by atoms with van der Waals surface area (Å²) in [5, 5.41) is 8.75. The molecule has 2 heterocycles. The molecule has 7 nitrogen and oxygen atoms in total. The Morgan fingerprint density at radius 1 is 0.914 bits per heavy atom. The van der Waals surface area contributed by atoms with Gasteiger partial charge in [-0.1, -0.05) is 42.5 Å². The Bertz CT molecular complexity index is 1140. The standard InChI is InChI=1S/C28H30N4O3/c33-27(18-24-4-2-14-29-19-24)31-26-5-1-3-22(17-26)7-6-21-8-10-25(11-9-21)32-28(34)30-20-23-12-15-35-16-13-23/h1-11,14,17,19,23H,12-13,15-16,18,20H2,(H,31,33)(H2,30,32,34)/b7-6+. The Morgan fingerprint density at radius 3 is 2.49 bits per heavy atom. The van der Waals surface area contributed by atoms with E-state index in [0.717, 1.165) is 54.1 Å². The monoisotopic (exact) mass is 470 g/mol. The molecule has 1 aliphatic heterocycles. The maximum atomic E-state index is 12.3. The molecule has 0 spiro atoms. The summed E-state index contributed by atoms with van der Waals surface area (Å²) in [7, 11) is 0. The van der Waals surface area contributed by atoms with Crippen LogP contribution in [-0.4, -0.2) is 36.7 Å². The summed E-state index contributed by atoms with van der Waals surface area (Å²) in [5.41, 5.74) is 4.33. The van der Waals surface area contributed by atoms with Crippen LogP contribution in [0.1, 0.15) is 29.5 Å². The second kappa shape index (κ2) is 12.5. The number of pyridine rings is 1. The minimum atomic E-state index is -0.192. The smallest absolute Gasteiger partial charge is 0.319 e. The van der Waals surface area contributed by atoms with E-state index in [-0.39, 0.29) is 18.4 Å². The Balaban J connectivity index is 1.26. The number of rotatable bonds is 8. The van der Waals surface area contributed by atoms with Crippen LogP contribution in [-0.2, 0) is 16.0 Å². The van der Waals surface area contributed by atoms with Gasteiger partial charge in [0, 0.05) is 43.5 Å². The highest BCUT2D eigenvalue weighted by atomic mass is 16.5. The summed E-state index contributed by atoms with van der Waals surface area (Å²) in [6.07, 6.45) is 9.61. The number of aromatic nitrogens is 1. The number of hydrogen-bond acceptors (Lipinski definition) is 4. The first-order chi connectivity index (χ1) is 17.1. The van der Waals surface area contributed by atoms with E-state index in [1.165, 1.54) is 0 Å². The van der Waals surface area contributed by atoms with Gasteiger partial charge in [-0.05, 0) is 65.8 Å². The van der Waals surface area contributed by atoms with Gasteiger partial charge in [-0.2, -0.15) is 0 Å². The zero-order valence-electron chi connectivity index (χ0n) is 19.6. The van der Waals surface area contributed by atoms with Crippen molar-refractivity contribution in [2.24, 2.45) is 5.92 Å². The lowest BCUT2D eigenvalue weighted by Crippen LogP contribution is -2.35. The molecule has 180 valence electrons. The molecule has 0 saturated carbocycles. The van der Waals surface area contributed by atoms with Gasteiger partial charge in [-0.3, -0.25) is 9.78 Å². The SMILES string of the molecule is O=C(Cc1cccnc1)Nc1cccc(/C=C/c2ccc(NC(=O)NCC3CCOCC3)cc2)c1. The van der Waals surface area contributed by atoms with E-state index in [9.17, 15) is 9.59 Å². The van der Waals surface area contributed by atoms with E-state index in [2.05, 4.69) is 20.9 Å². The molecule has 3 aromatic rings. The number of nitrogens with one attached hydrogen (secondary N) is 3. The summed E-state index contributed by atoms with van der Waals surface area (Å²) in [6.45, 7) is 2.21. The molecular weight excluding hydrogens is 440 g/mol. The lowest BCUT2D eigenvalue weighted by atomic mass is 10.0. The van der Waals surface area contributed by atoms with E-state index in [1.807, 2.05) is 72.8 Å². The van der Waals surface area contributed by atoms with Gasteiger partial charge in [0.2, 0.25) is 5.91 Å². The molecule has 1 saturated heterocycles. The highest BCUT2D eigenvalue weighted by Gasteiger charge is 2.14. The molecule has 0 aliphatic carbocycles. The van der Waals surface area contributed by atoms with Crippen LogP contribution in [0.3, 0.4) is 0 Å². The first-order valence-electron chi connectivity index (χ1n) is 11.8. The maximum absolute atomic E-state index is 12.3. The average molecular weight is 471 g/mol. The van der Waals surface area contributed by atoms with Crippen molar-refractivity contribution >= 4 is 35.5 Å². The number of carbonyl (C=O) groups excluding carboxylic acids is 2. The van der Waals surface area contributed by atoms with Crippen molar-refractivity contribution in [3.8, 4) is 0 Å². The molecule has 7 heteroatoms. The van der Waals surface area contributed by atoms with Crippen molar-refractivity contribution in [1.29, 1.82) is 0 Å². The average Bonchev–Trinajstić information content (AvgIpc) is 2.88. The molecule has 35 heavy (non-hydrogen) atoms. The van der Waals surface area contributed by atoms with Crippen LogP contribution in [0.4, 0.5) is 16.2 Å². The molecule has 4 rings (SSSR count). The van der Waals surface area contributed by atoms with Crippen molar-refractivity contribution < 1.29 is 14.3 Å². The third-order valence-corrected chi connectivity index (χ3v) is 5.79. The van der Waals surface area contributed by atoms with Gasteiger partial charge >= 0.3 is 6.03 Å². The fourth-order valence-corrected chi connectivity index (χ4v) is 3.85. The van der Waals surface area contributed by atoms with Gasteiger partial charge in [-0.25, -0.2) is 4.79 Å². The van der Waals surface area contributed by atoms with Gasteiger partial charge in [0.1, 0.15) is 0 Å². The highest BCUT2D eigenvalue weighted by molar-refractivity contribution is 5.92. The van der Waals surface area contributed by atoms with Crippen LogP contribution in [0.25, 0.3) is 12.2 Å². The lowest BCUT2D eigenvalue weighted by Gasteiger charge is -2.22. The topological polar surface area (TPSA) is 92.4 Å². The van der Waals surface area contributed by atoms with Crippen molar-refractivity contribution in [2.45, 2.75) is 19.3 Å². The van der Waals surface area contributed by atoms with Crippen LogP contribution in [0.2, 0.25) is 0 Å². The van der Waals surface area contributed by atoms with Gasteiger partial charge in [0.05, 0.1) is 6.42 Å². The molecule has 1 aromatic heterocycles. The molecule has 3 N–H and O–H groups in total. The predicted octanol–water partition coefficient (Wildman–Crippen LogP) is 4.98. The molecule has 0 unspecified atom stereocenters. The number of carbonyl (C=O) groups is 2. The second-order valence-electron chi connectivity index (χ2n) is 8.56. The normalized spacial score (nSPS) is 13.9. The van der Waals surface area contributed by atoms with E-state index in [0.29, 0.717) is 12.5 Å². The van der Waals surface area contributed by atoms with Crippen LogP contribution < -0.4 is 16.0 Å². The van der Waals surface area contributed by atoms with Gasteiger partial charge in [0.25, 0.3) is 0 Å². The predicted molar refractivity (Wildman–Crippen MR) is 139 cm³/mol. The van der Waals surface area contributed by atoms with Crippen molar-refractivity contribution in [3.63, 3.8) is 0 Å². The van der Waals surface area contributed by atoms with E-state index < -0.39 is 0 Å². The molecule has 3 amide bonds. The van der Waals surface area contributed by atoms with Crippen LogP contribution in [0.15, 0.2) is 73.1 Å². The van der Waals surface area contributed by atoms with Gasteiger partial charge < -0.3 is 20.7 Å². The van der Waals surface area contributed by atoms with E-state index in [1.54, 1.807) is 12.4 Å². The number of hydrogen-bond donors (Lipinski definition) is 3. The minimum Gasteiger partial charge on any atom is -0.381 e. The van der Waals surface area contributed by atoms with Crippen LogP contribution in [0, 0.1) is 5.92 Å². The number of amides is 3. The Morgan fingerprint density at radius 2 is 1.71 bits per heavy atom. The summed E-state index contributed by atoms with van der Waals surface area (Å²) in [4.78, 5) is 28.5. The van der Waals surface area contributed by atoms with Crippen molar-refractivity contribution in [2.75, 3.05) is 30.4 Å². The number of urea groups is 1. The molecule has 0 bridgehead atoms. The summed E-state index contributed by atoms with van der Waals surface area (Å²) < 4.78 is 5.35. The number of benzene rings is 2. The Kier molecular flexibility index (Phi) is 8.62. The zero-order chi connectivity index (χ0) is 24.3. The number of ether oxygens (including phenoxy) is 1. The second-order valence-corrected chi connectivity index (χ2v) is 8.56. The fourth-order valence-electron chi connectivity index (χ4n) is 3.85. The van der Waals surface area contributed by atoms with E-state index in [4.69, 9.17) is 4.74 Å². The number of anilines is 2. The fraction of sp³-hybridized carbons (Fsp3) is 0.250. The highest BCUT2D eigenvalue weighted by Crippen LogP contribution is 2.17. The van der Waals surface area contributed by atoms with Gasteiger partial charge in [0.15, 0.2) is 0 Å². The summed E-state index contributed by atoms with van der Waals surface area (Å²) in [5.74, 6) is 0.397. The maximum Gasteiger partial charge on any atom is 0.319 e. The molecule has 0 radical (unpaired) electrons. The molecular formula is C28H30N4O3. The third-order valence-electron chi connectivity index (χ3n) is 5.79. The quantitative estimate of drug-likeness (QED) is 0.405. The molecule has 1 aliphatic rings. The summed E-state index contributed by atoms with van der Waals surface area (Å²) in [6, 6.07) is 18.8. The third kappa shape index (κ3) is 8.08. The minimum absolute atomic E-state index is 0.0842. The van der Waals surface area contributed by atoms with E-state index >= 15 is 0 Å². The molecule has 1 fully saturated rings. The van der Waals surface area contributed by atoms with Crippen LogP contribution in [0.5, 0.6) is 0 Å². The van der Waals surface area contributed by atoms with Crippen molar-refractivity contribution in [1.82, 2.24) is 10.3 Å². The molecule has 0 atom stereocenters.